The highest BCUT2D eigenvalue weighted by molar-refractivity contribution is 5.90. The number of anilines is 6. The molecule has 2 heteroatoms. The van der Waals surface area contributed by atoms with Crippen molar-refractivity contribution in [1.82, 2.24) is 0 Å². The summed E-state index contributed by atoms with van der Waals surface area (Å²) in [5, 5.41) is 0. The maximum atomic E-state index is 2.42. The van der Waals surface area contributed by atoms with E-state index in [1.807, 2.05) is 0 Å². The lowest BCUT2D eigenvalue weighted by atomic mass is 9.67. The van der Waals surface area contributed by atoms with Gasteiger partial charge in [-0.05, 0) is 151 Å². The number of rotatable bonds is 8. The van der Waals surface area contributed by atoms with Gasteiger partial charge < -0.3 is 9.80 Å². The molecule has 0 radical (unpaired) electrons. The zero-order valence-corrected chi connectivity index (χ0v) is 39.5. The Bertz CT molecular complexity index is 3360. The van der Waals surface area contributed by atoms with Crippen LogP contribution in [0.4, 0.5) is 34.1 Å². The highest BCUT2D eigenvalue weighted by atomic mass is 15.1. The van der Waals surface area contributed by atoms with Crippen molar-refractivity contribution in [3.05, 3.63) is 287 Å². The Morgan fingerprint density at radius 3 is 0.884 bits per heavy atom. The number of hydrogen-bond donors (Lipinski definition) is 0. The SMILES string of the molecule is CC1(C)c2ccccc2-c2ccc(N(c3ccccc3)c3ccc(C4(c5ccc(N(c6ccccc6)c6ccc7c(c6)C(C)(C)c6ccccc6-7)cc5)c5ccccc5-c5ccccc54)cc3)cc21. The lowest BCUT2D eigenvalue weighted by molar-refractivity contribution is 0.660. The van der Waals surface area contributed by atoms with Crippen molar-refractivity contribution in [1.29, 1.82) is 0 Å². The largest absolute Gasteiger partial charge is 0.310 e. The van der Waals surface area contributed by atoms with Crippen LogP contribution in [-0.4, -0.2) is 0 Å². The minimum absolute atomic E-state index is 0.109. The van der Waals surface area contributed by atoms with Gasteiger partial charge in [-0.2, -0.15) is 0 Å². The molecule has 3 aliphatic carbocycles. The number of nitrogens with zero attached hydrogens (tertiary/aromatic N) is 2. The van der Waals surface area contributed by atoms with Crippen molar-refractivity contribution in [2.24, 2.45) is 0 Å². The Labute approximate surface area is 406 Å². The highest BCUT2D eigenvalue weighted by Gasteiger charge is 2.46. The lowest BCUT2D eigenvalue weighted by Gasteiger charge is -2.35. The van der Waals surface area contributed by atoms with Crippen LogP contribution in [0.5, 0.6) is 0 Å². The first-order chi connectivity index (χ1) is 33.7. The van der Waals surface area contributed by atoms with E-state index in [1.54, 1.807) is 0 Å². The predicted octanol–water partition coefficient (Wildman–Crippen LogP) is 17.6. The normalized spacial score (nSPS) is 14.7. The molecule has 0 amide bonds. The lowest BCUT2D eigenvalue weighted by Crippen LogP contribution is -2.28. The molecule has 0 N–H and O–H groups in total. The van der Waals surface area contributed by atoms with Crippen molar-refractivity contribution < 1.29 is 0 Å². The fourth-order valence-corrected chi connectivity index (χ4v) is 12.5. The summed E-state index contributed by atoms with van der Waals surface area (Å²) in [4.78, 5) is 4.83. The molecular weight excluding hydrogens is 833 g/mol. The maximum absolute atomic E-state index is 2.42. The number of fused-ring (bicyclic) bond motifs is 9. The topological polar surface area (TPSA) is 6.48 Å². The van der Waals surface area contributed by atoms with E-state index in [1.165, 1.54) is 77.9 Å². The van der Waals surface area contributed by atoms with Gasteiger partial charge in [-0.1, -0.05) is 198 Å². The van der Waals surface area contributed by atoms with Gasteiger partial charge in [0.05, 0.1) is 5.41 Å². The summed E-state index contributed by atoms with van der Waals surface area (Å²) in [7, 11) is 0. The van der Waals surface area contributed by atoms with Crippen molar-refractivity contribution in [2.75, 3.05) is 9.80 Å². The van der Waals surface area contributed by atoms with Gasteiger partial charge in [-0.15, -0.1) is 0 Å². The first-order valence-electron chi connectivity index (χ1n) is 24.3. The summed E-state index contributed by atoms with van der Waals surface area (Å²) in [6.45, 7) is 9.44. The Morgan fingerprint density at radius 1 is 0.232 bits per heavy atom. The second-order valence-electron chi connectivity index (χ2n) is 20.1. The molecule has 330 valence electrons. The predicted molar refractivity (Wildman–Crippen MR) is 288 cm³/mol. The van der Waals surface area contributed by atoms with Crippen LogP contribution in [0.3, 0.4) is 0 Å². The van der Waals surface area contributed by atoms with Crippen LogP contribution in [0, 0.1) is 0 Å². The van der Waals surface area contributed by atoms with Crippen molar-refractivity contribution in [3.63, 3.8) is 0 Å². The molecule has 0 atom stereocenters. The summed E-state index contributed by atoms with van der Waals surface area (Å²) in [5.41, 5.74) is 24.4. The molecule has 0 spiro atoms. The maximum Gasteiger partial charge on any atom is 0.0713 e. The fourth-order valence-electron chi connectivity index (χ4n) is 12.5. The smallest absolute Gasteiger partial charge is 0.0713 e. The van der Waals surface area contributed by atoms with E-state index in [-0.39, 0.29) is 10.8 Å². The van der Waals surface area contributed by atoms with Gasteiger partial charge in [0.2, 0.25) is 0 Å². The molecule has 3 aliphatic rings. The zero-order chi connectivity index (χ0) is 46.5. The summed E-state index contributed by atoms with van der Waals surface area (Å²) < 4.78 is 0. The average Bonchev–Trinajstić information content (AvgIpc) is 3.92. The molecule has 0 unspecified atom stereocenters. The van der Waals surface area contributed by atoms with Crippen LogP contribution < -0.4 is 9.80 Å². The molecule has 0 saturated heterocycles. The third-order valence-corrected chi connectivity index (χ3v) is 15.7. The van der Waals surface area contributed by atoms with E-state index < -0.39 is 5.41 Å². The molecule has 0 aliphatic heterocycles. The summed E-state index contributed by atoms with van der Waals surface area (Å²) in [6, 6.07) is 90.4. The van der Waals surface area contributed by atoms with E-state index >= 15 is 0 Å². The summed E-state index contributed by atoms with van der Waals surface area (Å²) in [6.07, 6.45) is 0. The van der Waals surface area contributed by atoms with Gasteiger partial charge in [0.15, 0.2) is 0 Å². The van der Waals surface area contributed by atoms with Crippen LogP contribution in [-0.2, 0) is 16.2 Å². The summed E-state index contributed by atoms with van der Waals surface area (Å²) in [5.74, 6) is 0. The number of para-hydroxylation sites is 2. The number of benzene rings is 10. The molecule has 10 aromatic carbocycles. The third-order valence-electron chi connectivity index (χ3n) is 15.7. The van der Waals surface area contributed by atoms with Crippen molar-refractivity contribution >= 4 is 34.1 Å². The minimum Gasteiger partial charge on any atom is -0.310 e. The number of hydrogen-bond acceptors (Lipinski definition) is 2. The Morgan fingerprint density at radius 2 is 0.507 bits per heavy atom. The van der Waals surface area contributed by atoms with Crippen LogP contribution in [0.1, 0.15) is 72.2 Å². The molecule has 0 fully saturated rings. The first kappa shape index (κ1) is 41.0. The van der Waals surface area contributed by atoms with Gasteiger partial charge in [0, 0.05) is 45.0 Å². The minimum atomic E-state index is -0.563. The first-order valence-corrected chi connectivity index (χ1v) is 24.3. The molecule has 0 heterocycles. The van der Waals surface area contributed by atoms with Crippen molar-refractivity contribution in [2.45, 2.75) is 43.9 Å². The van der Waals surface area contributed by atoms with Crippen molar-refractivity contribution in [3.8, 4) is 33.4 Å². The third kappa shape index (κ3) is 6.04. The van der Waals surface area contributed by atoms with Crippen LogP contribution in [0.25, 0.3) is 33.4 Å². The van der Waals surface area contributed by atoms with E-state index in [4.69, 9.17) is 0 Å². The molecule has 0 aromatic heterocycles. The molecule has 10 aromatic rings. The van der Waals surface area contributed by atoms with E-state index in [9.17, 15) is 0 Å². The molecule has 0 saturated carbocycles. The second-order valence-corrected chi connectivity index (χ2v) is 20.1. The van der Waals surface area contributed by atoms with Gasteiger partial charge in [-0.3, -0.25) is 0 Å². The van der Waals surface area contributed by atoms with Crippen LogP contribution in [0.15, 0.2) is 243 Å². The van der Waals surface area contributed by atoms with E-state index in [0.29, 0.717) is 0 Å². The molecule has 0 bridgehead atoms. The quantitative estimate of drug-likeness (QED) is 0.150. The monoisotopic (exact) mass is 884 g/mol. The van der Waals surface area contributed by atoms with E-state index in [0.717, 1.165) is 34.1 Å². The Hall–Kier alpha value is -8.20. The Kier molecular flexibility index (Phi) is 9.17. The van der Waals surface area contributed by atoms with Gasteiger partial charge in [0.25, 0.3) is 0 Å². The van der Waals surface area contributed by atoms with Gasteiger partial charge >= 0.3 is 0 Å². The average molecular weight is 885 g/mol. The van der Waals surface area contributed by atoms with Crippen LogP contribution >= 0.6 is 0 Å². The van der Waals surface area contributed by atoms with E-state index in [2.05, 4.69) is 280 Å². The van der Waals surface area contributed by atoms with Crippen LogP contribution in [0.2, 0.25) is 0 Å². The zero-order valence-electron chi connectivity index (χ0n) is 39.5. The molecular formula is C67H52N2. The molecule has 69 heavy (non-hydrogen) atoms. The highest BCUT2D eigenvalue weighted by Crippen LogP contribution is 2.58. The van der Waals surface area contributed by atoms with Gasteiger partial charge in [-0.25, -0.2) is 0 Å². The molecule has 13 rings (SSSR count). The molecule has 2 nitrogen and oxygen atoms in total. The Balaban J connectivity index is 0.946. The standard InChI is InChI=1S/C67H52N2/c1-65(2)59-27-15-11-23-53(59)57-41-39-51(43-63(57)65)68(47-19-7-5-8-20-47)49-35-31-45(32-36-49)67(61-29-17-13-25-55(61)56-26-14-18-30-62(56)67)46-33-37-50(38-34-46)69(48-21-9-6-10-22-48)52-40-42-58-54-24-12-16-28-60(54)66(3,4)64(58)44-52/h5-44H,1-4H3. The van der Waals surface area contributed by atoms with Gasteiger partial charge in [0.1, 0.15) is 0 Å². The summed E-state index contributed by atoms with van der Waals surface area (Å²) >= 11 is 0. The fraction of sp³-hybridized carbons (Fsp3) is 0.104. The second kappa shape index (κ2) is 15.4.